The molecular weight excluding hydrogens is 467 g/mol. The Hall–Kier alpha value is -3.40. The van der Waals surface area contributed by atoms with Gasteiger partial charge in [0, 0.05) is 18.5 Å². The van der Waals surface area contributed by atoms with Gasteiger partial charge in [-0.15, -0.1) is 11.3 Å². The summed E-state index contributed by atoms with van der Waals surface area (Å²) < 4.78 is 19.1. The molecule has 35 heavy (non-hydrogen) atoms. The molecule has 1 fully saturated rings. The van der Waals surface area contributed by atoms with Crippen molar-refractivity contribution in [3.05, 3.63) is 76.9 Å². The highest BCUT2D eigenvalue weighted by molar-refractivity contribution is 7.15. The number of fused-ring (bicyclic) bond motifs is 1. The molecule has 1 aliphatic rings. The van der Waals surface area contributed by atoms with Crippen LogP contribution in [-0.2, 0) is 0 Å². The second kappa shape index (κ2) is 9.33. The van der Waals surface area contributed by atoms with E-state index >= 15 is 0 Å². The predicted molar refractivity (Wildman–Crippen MR) is 133 cm³/mol. The maximum absolute atomic E-state index is 13.7. The third-order valence-electron chi connectivity index (χ3n) is 6.43. The number of piperazine rings is 1. The second-order valence-corrected chi connectivity index (χ2v) is 10.2. The van der Waals surface area contributed by atoms with Crippen molar-refractivity contribution in [1.29, 1.82) is 0 Å². The van der Waals surface area contributed by atoms with Gasteiger partial charge in [-0.2, -0.15) is 0 Å². The summed E-state index contributed by atoms with van der Waals surface area (Å²) in [6, 6.07) is 13.3. The van der Waals surface area contributed by atoms with E-state index in [-0.39, 0.29) is 28.2 Å². The molecule has 7 nitrogen and oxygen atoms in total. The van der Waals surface area contributed by atoms with Gasteiger partial charge in [0.05, 0.1) is 41.3 Å². The summed E-state index contributed by atoms with van der Waals surface area (Å²) in [6.07, 6.45) is 1.57. The molecular formula is C26H26FN4O3S+. The van der Waals surface area contributed by atoms with E-state index in [1.807, 2.05) is 32.2 Å². The number of quaternary nitrogens is 1. The van der Waals surface area contributed by atoms with E-state index in [4.69, 9.17) is 4.42 Å². The van der Waals surface area contributed by atoms with Gasteiger partial charge in [-0.1, -0.05) is 24.3 Å². The molecule has 0 radical (unpaired) electrons. The topological polar surface area (TPSA) is 84.2 Å². The second-order valence-electron chi connectivity index (χ2n) is 9.03. The van der Waals surface area contributed by atoms with E-state index in [0.717, 1.165) is 20.8 Å². The largest absolute Gasteiger partial charge is 0.464 e. The van der Waals surface area contributed by atoms with E-state index in [2.05, 4.69) is 15.6 Å². The first kappa shape index (κ1) is 23.3. The number of hydrogen-bond acceptors (Lipinski definition) is 6. The lowest BCUT2D eigenvalue weighted by molar-refractivity contribution is -0.833. The molecule has 2 atom stereocenters. The van der Waals surface area contributed by atoms with Crippen LogP contribution in [0.3, 0.4) is 0 Å². The molecule has 2 N–H and O–H groups in total. The van der Waals surface area contributed by atoms with Crippen LogP contribution in [0, 0.1) is 12.7 Å². The number of carbonyl (C=O) groups excluding carboxylic acids is 2. The summed E-state index contributed by atoms with van der Waals surface area (Å²) in [4.78, 5) is 31.9. The molecule has 2 aromatic heterocycles. The highest BCUT2D eigenvalue weighted by Crippen LogP contribution is 2.32. The summed E-state index contributed by atoms with van der Waals surface area (Å²) in [6.45, 7) is 3.98. The SMILES string of the molecule is Cc1nc(C(=O)[N+]2(C)CCNC(CNC(=O)c3cccc4ccoc34)C2)c(-c2ccc(F)cc2)s1. The van der Waals surface area contributed by atoms with Crippen LogP contribution in [0.5, 0.6) is 0 Å². The summed E-state index contributed by atoms with van der Waals surface area (Å²) in [7, 11) is 1.91. The number of aromatic nitrogens is 1. The van der Waals surface area contributed by atoms with Crippen LogP contribution < -0.4 is 10.6 Å². The standard InChI is InChI=1S/C26H25FN4O3S/c1-16-30-22(24(35-16)18-6-8-19(27)9-7-18)26(33)31(2)12-11-28-20(15-31)14-29-25(32)21-5-3-4-17-10-13-34-23(17)21/h3-10,13,20,28H,11-12,14-15H2,1-2H3/p+1. The van der Waals surface area contributed by atoms with Gasteiger partial charge in [0.15, 0.2) is 5.69 Å². The number of thiazole rings is 1. The van der Waals surface area contributed by atoms with Gasteiger partial charge in [-0.25, -0.2) is 14.2 Å². The number of rotatable bonds is 5. The van der Waals surface area contributed by atoms with Gasteiger partial charge in [-0.3, -0.25) is 9.28 Å². The molecule has 3 heterocycles. The predicted octanol–water partition coefficient (Wildman–Crippen LogP) is 3.99. The molecule has 2 aromatic carbocycles. The van der Waals surface area contributed by atoms with Gasteiger partial charge < -0.3 is 15.1 Å². The number of nitrogens with zero attached hydrogens (tertiary/aromatic N) is 2. The monoisotopic (exact) mass is 493 g/mol. The van der Waals surface area contributed by atoms with Crippen LogP contribution >= 0.6 is 11.3 Å². The van der Waals surface area contributed by atoms with Crippen molar-refractivity contribution in [2.24, 2.45) is 0 Å². The Kier molecular flexibility index (Phi) is 6.22. The number of furan rings is 1. The lowest BCUT2D eigenvalue weighted by atomic mass is 10.1. The number of benzene rings is 2. The molecule has 2 amide bonds. The zero-order chi connectivity index (χ0) is 24.6. The molecule has 1 saturated heterocycles. The number of hydrogen-bond donors (Lipinski definition) is 2. The first-order valence-electron chi connectivity index (χ1n) is 11.4. The lowest BCUT2D eigenvalue weighted by Gasteiger charge is -2.39. The lowest BCUT2D eigenvalue weighted by Crippen LogP contribution is -2.65. The molecule has 1 aliphatic heterocycles. The fourth-order valence-corrected chi connectivity index (χ4v) is 5.50. The van der Waals surface area contributed by atoms with Crippen molar-refractivity contribution in [2.45, 2.75) is 13.0 Å². The van der Waals surface area contributed by atoms with Crippen molar-refractivity contribution in [2.75, 3.05) is 33.2 Å². The minimum absolute atomic E-state index is 0.0770. The smallest absolute Gasteiger partial charge is 0.365 e. The quantitative estimate of drug-likeness (QED) is 0.411. The molecule has 4 aromatic rings. The highest BCUT2D eigenvalue weighted by atomic mass is 32.1. The van der Waals surface area contributed by atoms with Crippen molar-refractivity contribution in [3.63, 3.8) is 0 Å². The van der Waals surface area contributed by atoms with Crippen molar-refractivity contribution in [1.82, 2.24) is 15.6 Å². The Balaban J connectivity index is 1.31. The summed E-state index contributed by atoms with van der Waals surface area (Å²) in [5, 5.41) is 8.05. The van der Waals surface area contributed by atoms with Crippen LogP contribution in [0.1, 0.15) is 25.9 Å². The third kappa shape index (κ3) is 4.62. The van der Waals surface area contributed by atoms with Crippen molar-refractivity contribution < 1.29 is 22.9 Å². The zero-order valence-corrected chi connectivity index (χ0v) is 20.3. The van der Waals surface area contributed by atoms with Crippen LogP contribution in [0.4, 0.5) is 4.39 Å². The number of amides is 2. The van der Waals surface area contributed by atoms with Crippen molar-refractivity contribution in [3.8, 4) is 10.4 Å². The van der Waals surface area contributed by atoms with Crippen LogP contribution in [0.15, 0.2) is 59.2 Å². The van der Waals surface area contributed by atoms with E-state index in [1.54, 1.807) is 24.5 Å². The van der Waals surface area contributed by atoms with Gasteiger partial charge in [0.2, 0.25) is 0 Å². The van der Waals surface area contributed by atoms with Crippen LogP contribution in [-0.4, -0.2) is 60.5 Å². The molecule has 5 rings (SSSR count). The Labute approximate surface area is 206 Å². The molecule has 0 saturated carbocycles. The average molecular weight is 494 g/mol. The Bertz CT molecular complexity index is 1400. The Morgan fingerprint density at radius 3 is 2.83 bits per heavy atom. The molecule has 0 bridgehead atoms. The van der Waals surface area contributed by atoms with E-state index in [1.165, 1.54) is 23.5 Å². The first-order chi connectivity index (χ1) is 16.8. The third-order valence-corrected chi connectivity index (χ3v) is 7.45. The number of nitrogens with one attached hydrogen (secondary N) is 2. The van der Waals surface area contributed by atoms with Gasteiger partial charge in [0.25, 0.3) is 5.91 Å². The maximum atomic E-state index is 13.7. The Morgan fingerprint density at radius 1 is 1.23 bits per heavy atom. The fourth-order valence-electron chi connectivity index (χ4n) is 4.59. The highest BCUT2D eigenvalue weighted by Gasteiger charge is 2.41. The van der Waals surface area contributed by atoms with Crippen LogP contribution in [0.2, 0.25) is 0 Å². The minimum Gasteiger partial charge on any atom is -0.464 e. The summed E-state index contributed by atoms with van der Waals surface area (Å²) >= 11 is 1.43. The normalized spacial score (nSPS) is 20.1. The van der Waals surface area contributed by atoms with Crippen molar-refractivity contribution >= 4 is 34.1 Å². The molecule has 9 heteroatoms. The minimum atomic E-state index is -0.322. The molecule has 0 spiro atoms. The first-order valence-corrected chi connectivity index (χ1v) is 12.3. The number of para-hydroxylation sites is 1. The number of halogens is 1. The average Bonchev–Trinajstić information content (AvgIpc) is 3.49. The van der Waals surface area contributed by atoms with E-state index < -0.39 is 0 Å². The number of likely N-dealkylation sites (N-methyl/N-ethyl adjacent to an activating group) is 1. The summed E-state index contributed by atoms with van der Waals surface area (Å²) in [5.41, 5.74) is 2.23. The van der Waals surface area contributed by atoms with Gasteiger partial charge in [0.1, 0.15) is 17.9 Å². The zero-order valence-electron chi connectivity index (χ0n) is 19.5. The fraction of sp³-hybridized carbons (Fsp3) is 0.269. The number of carbonyl (C=O) groups is 2. The Morgan fingerprint density at radius 2 is 2.03 bits per heavy atom. The van der Waals surface area contributed by atoms with Gasteiger partial charge >= 0.3 is 5.91 Å². The number of aryl methyl sites for hydroxylation is 1. The van der Waals surface area contributed by atoms with Crippen LogP contribution in [0.25, 0.3) is 21.4 Å². The maximum Gasteiger partial charge on any atom is 0.365 e. The molecule has 2 unspecified atom stereocenters. The molecule has 180 valence electrons. The van der Waals surface area contributed by atoms with E-state index in [9.17, 15) is 14.0 Å². The van der Waals surface area contributed by atoms with E-state index in [0.29, 0.717) is 43.0 Å². The summed E-state index contributed by atoms with van der Waals surface area (Å²) in [5.74, 6) is -0.615. The molecule has 0 aliphatic carbocycles. The van der Waals surface area contributed by atoms with Gasteiger partial charge in [-0.05, 0) is 36.8 Å².